The molecule has 0 saturated carbocycles. The lowest BCUT2D eigenvalue weighted by Crippen LogP contribution is -2.40. The second-order valence-electron chi connectivity index (χ2n) is 8.87. The van der Waals surface area contributed by atoms with E-state index in [-0.39, 0.29) is 17.6 Å². The molecular formula is C27H36N4O2. The minimum Gasteiger partial charge on any atom is -0.315 e. The fourth-order valence-electron chi connectivity index (χ4n) is 4.03. The average molecular weight is 449 g/mol. The number of carbonyl (C=O) groups excluding carboxylic acids is 1. The smallest absolute Gasteiger partial charge is 0.315 e. The SMILES string of the molecule is CCCCN(C(=O)Nc1ccc(C(C)C)cc1)C(C)c1nc2ccccc2c(=O)n1CCC. The highest BCUT2D eigenvalue weighted by atomic mass is 16.2. The minimum absolute atomic E-state index is 0.0515. The van der Waals surface area contributed by atoms with Crippen LogP contribution in [0.3, 0.4) is 0 Å². The fourth-order valence-corrected chi connectivity index (χ4v) is 4.03. The van der Waals surface area contributed by atoms with Crippen molar-refractivity contribution in [2.45, 2.75) is 72.4 Å². The van der Waals surface area contributed by atoms with E-state index in [4.69, 9.17) is 4.98 Å². The van der Waals surface area contributed by atoms with Gasteiger partial charge in [0, 0.05) is 18.8 Å². The number of rotatable bonds is 9. The Bertz CT molecular complexity index is 1140. The number of anilines is 1. The van der Waals surface area contributed by atoms with Crippen LogP contribution in [0.4, 0.5) is 10.5 Å². The molecule has 6 nitrogen and oxygen atoms in total. The molecule has 0 fully saturated rings. The molecule has 3 rings (SSSR count). The first-order valence-electron chi connectivity index (χ1n) is 12.0. The lowest BCUT2D eigenvalue weighted by molar-refractivity contribution is 0.187. The zero-order chi connectivity index (χ0) is 24.0. The van der Waals surface area contributed by atoms with Gasteiger partial charge in [-0.15, -0.1) is 0 Å². The number of nitrogens with one attached hydrogen (secondary N) is 1. The van der Waals surface area contributed by atoms with E-state index < -0.39 is 0 Å². The molecule has 0 radical (unpaired) electrons. The number of carbonyl (C=O) groups is 1. The van der Waals surface area contributed by atoms with Gasteiger partial charge in [-0.1, -0.05) is 58.4 Å². The van der Waals surface area contributed by atoms with Crippen LogP contribution in [-0.4, -0.2) is 27.0 Å². The van der Waals surface area contributed by atoms with E-state index >= 15 is 0 Å². The predicted molar refractivity (Wildman–Crippen MR) is 136 cm³/mol. The Morgan fingerprint density at radius 3 is 2.36 bits per heavy atom. The molecule has 0 bridgehead atoms. The van der Waals surface area contributed by atoms with E-state index in [1.807, 2.05) is 62.4 Å². The monoisotopic (exact) mass is 448 g/mol. The van der Waals surface area contributed by atoms with Crippen LogP contribution in [0.1, 0.15) is 77.2 Å². The number of hydrogen-bond donors (Lipinski definition) is 1. The van der Waals surface area contributed by atoms with Gasteiger partial charge in [0.1, 0.15) is 5.82 Å². The number of hydrogen-bond acceptors (Lipinski definition) is 3. The van der Waals surface area contributed by atoms with Crippen molar-refractivity contribution in [3.63, 3.8) is 0 Å². The van der Waals surface area contributed by atoms with Crippen molar-refractivity contribution in [2.75, 3.05) is 11.9 Å². The molecule has 1 heterocycles. The topological polar surface area (TPSA) is 67.2 Å². The second-order valence-corrected chi connectivity index (χ2v) is 8.87. The number of urea groups is 1. The Balaban J connectivity index is 1.96. The largest absolute Gasteiger partial charge is 0.322 e. The van der Waals surface area contributed by atoms with Crippen LogP contribution in [0.2, 0.25) is 0 Å². The molecule has 0 saturated heterocycles. The zero-order valence-corrected chi connectivity index (χ0v) is 20.5. The third kappa shape index (κ3) is 5.62. The van der Waals surface area contributed by atoms with Crippen LogP contribution in [-0.2, 0) is 6.54 Å². The van der Waals surface area contributed by atoms with Gasteiger partial charge in [0.05, 0.1) is 16.9 Å². The summed E-state index contributed by atoms with van der Waals surface area (Å²) in [6, 6.07) is 14.9. The van der Waals surface area contributed by atoms with Gasteiger partial charge >= 0.3 is 6.03 Å². The van der Waals surface area contributed by atoms with E-state index in [1.165, 1.54) is 5.56 Å². The van der Waals surface area contributed by atoms with Gasteiger partial charge in [0.25, 0.3) is 5.56 Å². The summed E-state index contributed by atoms with van der Waals surface area (Å²) >= 11 is 0. The molecule has 33 heavy (non-hydrogen) atoms. The maximum Gasteiger partial charge on any atom is 0.322 e. The maximum absolute atomic E-state index is 13.4. The molecule has 2 aromatic carbocycles. The standard InChI is InChI=1S/C27H36N4O2/c1-6-8-18-30(27(33)28-22-15-13-21(14-16-22)19(3)4)20(5)25-29-24-12-10-9-11-23(24)26(32)31(25)17-7-2/h9-16,19-20H,6-8,17-18H2,1-5H3,(H,28,33). The number of para-hydroxylation sites is 1. The van der Waals surface area contributed by atoms with Crippen molar-refractivity contribution in [1.82, 2.24) is 14.5 Å². The number of amides is 2. The molecule has 1 N–H and O–H groups in total. The highest BCUT2D eigenvalue weighted by Gasteiger charge is 2.26. The van der Waals surface area contributed by atoms with Gasteiger partial charge in [-0.25, -0.2) is 9.78 Å². The van der Waals surface area contributed by atoms with Crippen molar-refractivity contribution < 1.29 is 4.79 Å². The van der Waals surface area contributed by atoms with Crippen molar-refractivity contribution in [1.29, 1.82) is 0 Å². The first kappa shape index (κ1) is 24.5. The molecule has 1 aromatic heterocycles. The Labute approximate surface area is 196 Å². The maximum atomic E-state index is 13.4. The first-order chi connectivity index (χ1) is 15.9. The summed E-state index contributed by atoms with van der Waals surface area (Å²) in [6.07, 6.45) is 2.64. The van der Waals surface area contributed by atoms with Crippen LogP contribution < -0.4 is 10.9 Å². The Morgan fingerprint density at radius 1 is 1.03 bits per heavy atom. The number of aromatic nitrogens is 2. The number of nitrogens with zero attached hydrogens (tertiary/aromatic N) is 3. The van der Waals surface area contributed by atoms with Gasteiger partial charge in [-0.05, 0) is 55.5 Å². The lowest BCUT2D eigenvalue weighted by Gasteiger charge is -2.30. The van der Waals surface area contributed by atoms with Gasteiger partial charge < -0.3 is 10.2 Å². The minimum atomic E-state index is -0.352. The number of fused-ring (bicyclic) bond motifs is 1. The molecular weight excluding hydrogens is 412 g/mol. The summed E-state index contributed by atoms with van der Waals surface area (Å²) in [4.78, 5) is 33.2. The van der Waals surface area contributed by atoms with Crippen LogP contribution in [0.15, 0.2) is 53.3 Å². The normalized spacial score (nSPS) is 12.2. The first-order valence-corrected chi connectivity index (χ1v) is 12.0. The third-order valence-corrected chi connectivity index (χ3v) is 6.02. The fraction of sp³-hybridized carbons (Fsp3) is 0.444. The predicted octanol–water partition coefficient (Wildman–Crippen LogP) is 6.33. The third-order valence-electron chi connectivity index (χ3n) is 6.02. The lowest BCUT2D eigenvalue weighted by atomic mass is 10.0. The Hall–Kier alpha value is -3.15. The van der Waals surface area contributed by atoms with Gasteiger partial charge in [-0.2, -0.15) is 0 Å². The van der Waals surface area contributed by atoms with Crippen LogP contribution in [0, 0.1) is 0 Å². The van der Waals surface area contributed by atoms with Crippen molar-refractivity contribution in [3.05, 3.63) is 70.3 Å². The van der Waals surface area contributed by atoms with Crippen molar-refractivity contribution in [2.24, 2.45) is 0 Å². The van der Waals surface area contributed by atoms with Gasteiger partial charge in [0.2, 0.25) is 0 Å². The average Bonchev–Trinajstić information content (AvgIpc) is 2.81. The number of benzene rings is 2. The molecule has 1 unspecified atom stereocenters. The molecule has 0 aliphatic rings. The van der Waals surface area contributed by atoms with Crippen molar-refractivity contribution in [3.8, 4) is 0 Å². The van der Waals surface area contributed by atoms with Crippen LogP contribution in [0.5, 0.6) is 0 Å². The quantitative estimate of drug-likeness (QED) is 0.416. The highest BCUT2D eigenvalue weighted by molar-refractivity contribution is 5.89. The Kier molecular flexibility index (Phi) is 8.26. The van der Waals surface area contributed by atoms with E-state index in [9.17, 15) is 9.59 Å². The molecule has 176 valence electrons. The molecule has 1 atom stereocenters. The van der Waals surface area contributed by atoms with E-state index in [0.29, 0.717) is 35.7 Å². The molecule has 6 heteroatoms. The molecule has 0 aliphatic heterocycles. The summed E-state index contributed by atoms with van der Waals surface area (Å²) in [5.41, 5.74) is 2.60. The second kappa shape index (κ2) is 11.1. The molecule has 0 spiro atoms. The Morgan fingerprint density at radius 2 is 1.73 bits per heavy atom. The highest BCUT2D eigenvalue weighted by Crippen LogP contribution is 2.23. The summed E-state index contributed by atoms with van der Waals surface area (Å²) in [5.74, 6) is 1.06. The van der Waals surface area contributed by atoms with E-state index in [0.717, 1.165) is 24.9 Å². The van der Waals surface area contributed by atoms with Gasteiger partial charge in [0.15, 0.2) is 0 Å². The van der Waals surface area contributed by atoms with Crippen molar-refractivity contribution >= 4 is 22.6 Å². The number of unbranched alkanes of at least 4 members (excludes halogenated alkanes) is 1. The van der Waals surface area contributed by atoms with Crippen LogP contribution >= 0.6 is 0 Å². The summed E-state index contributed by atoms with van der Waals surface area (Å²) in [6.45, 7) is 11.5. The van der Waals surface area contributed by atoms with E-state index in [2.05, 4.69) is 26.1 Å². The van der Waals surface area contributed by atoms with Crippen LogP contribution in [0.25, 0.3) is 10.9 Å². The zero-order valence-electron chi connectivity index (χ0n) is 20.5. The summed E-state index contributed by atoms with van der Waals surface area (Å²) in [5, 5.41) is 3.65. The summed E-state index contributed by atoms with van der Waals surface area (Å²) in [7, 11) is 0. The van der Waals surface area contributed by atoms with Gasteiger partial charge in [-0.3, -0.25) is 9.36 Å². The molecule has 2 amide bonds. The summed E-state index contributed by atoms with van der Waals surface area (Å²) < 4.78 is 1.73. The van der Waals surface area contributed by atoms with E-state index in [1.54, 1.807) is 9.47 Å². The molecule has 0 aliphatic carbocycles. The molecule has 3 aromatic rings.